The highest BCUT2D eigenvalue weighted by Crippen LogP contribution is 2.32. The van der Waals surface area contributed by atoms with Gasteiger partial charge < -0.3 is 9.80 Å². The zero-order valence-corrected chi connectivity index (χ0v) is 19.5. The van der Waals surface area contributed by atoms with Gasteiger partial charge in [0.15, 0.2) is 5.82 Å². The monoisotopic (exact) mass is 437 g/mol. The molecule has 0 N–H and O–H groups in total. The standard InChI is InChI=1S/C24H32FN7/c1-24(2,3)32-23(26-27-28-32)22(18-10-12-19(13-11-18)29(4)5)31-16-14-30(15-17-31)21-9-7-6-8-20(21)25/h6-13,22H,14-17H2,1-5H3. The maximum atomic E-state index is 14.3. The number of nitrogens with zero attached hydrogens (tertiary/aromatic N) is 7. The molecule has 0 amide bonds. The molecule has 1 atom stereocenters. The number of anilines is 2. The highest BCUT2D eigenvalue weighted by molar-refractivity contribution is 5.49. The van der Waals surface area contributed by atoms with Crippen molar-refractivity contribution in [3.8, 4) is 0 Å². The van der Waals surface area contributed by atoms with E-state index >= 15 is 0 Å². The van der Waals surface area contributed by atoms with Crippen LogP contribution in [-0.4, -0.2) is 65.4 Å². The third kappa shape index (κ3) is 4.46. The molecule has 2 aromatic carbocycles. The summed E-state index contributed by atoms with van der Waals surface area (Å²) in [5.74, 6) is 0.655. The molecule has 32 heavy (non-hydrogen) atoms. The van der Waals surface area contributed by atoms with Crippen LogP contribution in [-0.2, 0) is 5.54 Å². The molecule has 1 aromatic heterocycles. The minimum absolute atomic E-state index is 0.0804. The van der Waals surface area contributed by atoms with Crippen LogP contribution in [0.3, 0.4) is 0 Å². The summed E-state index contributed by atoms with van der Waals surface area (Å²) in [6.45, 7) is 9.37. The zero-order chi connectivity index (χ0) is 22.9. The first-order valence-corrected chi connectivity index (χ1v) is 11.1. The number of aromatic nitrogens is 4. The molecular weight excluding hydrogens is 405 g/mol. The summed E-state index contributed by atoms with van der Waals surface area (Å²) in [5, 5.41) is 12.8. The SMILES string of the molecule is CN(C)c1ccc(C(c2nnnn2C(C)(C)C)N2CCN(c3ccccc3F)CC2)cc1. The molecule has 2 heterocycles. The molecule has 0 bridgehead atoms. The van der Waals surface area contributed by atoms with Gasteiger partial charge in [0.25, 0.3) is 0 Å². The molecular formula is C24H32FN7. The van der Waals surface area contributed by atoms with Crippen LogP contribution < -0.4 is 9.80 Å². The topological polar surface area (TPSA) is 53.3 Å². The fourth-order valence-electron chi connectivity index (χ4n) is 4.25. The van der Waals surface area contributed by atoms with Crippen LogP contribution in [0.5, 0.6) is 0 Å². The largest absolute Gasteiger partial charge is 0.378 e. The Hall–Kier alpha value is -3.00. The smallest absolute Gasteiger partial charge is 0.173 e. The fourth-order valence-corrected chi connectivity index (χ4v) is 4.25. The second kappa shape index (κ2) is 8.86. The minimum Gasteiger partial charge on any atom is -0.378 e. The maximum absolute atomic E-state index is 14.3. The van der Waals surface area contributed by atoms with Crippen LogP contribution >= 0.6 is 0 Å². The highest BCUT2D eigenvalue weighted by atomic mass is 19.1. The van der Waals surface area contributed by atoms with Crippen molar-refractivity contribution >= 4 is 11.4 Å². The average Bonchev–Trinajstić information content (AvgIpc) is 3.25. The fraction of sp³-hybridized carbons (Fsp3) is 0.458. The van der Waals surface area contributed by atoms with Gasteiger partial charge in [-0.1, -0.05) is 24.3 Å². The first kappa shape index (κ1) is 22.2. The van der Waals surface area contributed by atoms with E-state index in [1.807, 2.05) is 30.9 Å². The second-order valence-corrected chi connectivity index (χ2v) is 9.48. The summed E-state index contributed by atoms with van der Waals surface area (Å²) in [6, 6.07) is 15.5. The summed E-state index contributed by atoms with van der Waals surface area (Å²) in [4.78, 5) is 6.60. The molecule has 1 unspecified atom stereocenters. The summed E-state index contributed by atoms with van der Waals surface area (Å²) in [7, 11) is 4.07. The van der Waals surface area contributed by atoms with E-state index in [0.717, 1.165) is 43.3 Å². The normalized spacial score (nSPS) is 16.2. The van der Waals surface area contributed by atoms with Crippen molar-refractivity contribution in [3.63, 3.8) is 0 Å². The van der Waals surface area contributed by atoms with Crippen molar-refractivity contribution < 1.29 is 4.39 Å². The van der Waals surface area contributed by atoms with Gasteiger partial charge in [-0.05, 0) is 61.0 Å². The van der Waals surface area contributed by atoms with Crippen molar-refractivity contribution in [2.24, 2.45) is 0 Å². The molecule has 1 aliphatic rings. The lowest BCUT2D eigenvalue weighted by molar-refractivity contribution is 0.191. The number of rotatable bonds is 5. The van der Waals surface area contributed by atoms with Crippen molar-refractivity contribution in [3.05, 3.63) is 65.7 Å². The Labute approximate surface area is 189 Å². The third-order valence-electron chi connectivity index (χ3n) is 5.97. The Morgan fingerprint density at radius 3 is 2.19 bits per heavy atom. The van der Waals surface area contributed by atoms with Gasteiger partial charge in [0, 0.05) is 46.0 Å². The van der Waals surface area contributed by atoms with E-state index < -0.39 is 0 Å². The molecule has 170 valence electrons. The van der Waals surface area contributed by atoms with Gasteiger partial charge in [0.1, 0.15) is 5.82 Å². The van der Waals surface area contributed by atoms with Crippen LogP contribution in [0.1, 0.15) is 38.2 Å². The van der Waals surface area contributed by atoms with E-state index in [2.05, 4.69) is 75.3 Å². The number of benzene rings is 2. The molecule has 0 saturated carbocycles. The van der Waals surface area contributed by atoms with E-state index in [0.29, 0.717) is 5.69 Å². The van der Waals surface area contributed by atoms with Gasteiger partial charge in [-0.25, -0.2) is 9.07 Å². The molecule has 0 radical (unpaired) electrons. The van der Waals surface area contributed by atoms with Crippen LogP contribution in [0.2, 0.25) is 0 Å². The van der Waals surface area contributed by atoms with Gasteiger partial charge in [-0.2, -0.15) is 0 Å². The van der Waals surface area contributed by atoms with E-state index in [4.69, 9.17) is 0 Å². The van der Waals surface area contributed by atoms with Gasteiger partial charge >= 0.3 is 0 Å². The number of tetrazole rings is 1. The molecule has 1 saturated heterocycles. The molecule has 0 aliphatic carbocycles. The Balaban J connectivity index is 1.65. The van der Waals surface area contributed by atoms with Crippen LogP contribution in [0.15, 0.2) is 48.5 Å². The Morgan fingerprint density at radius 2 is 1.59 bits per heavy atom. The van der Waals surface area contributed by atoms with E-state index in [-0.39, 0.29) is 17.4 Å². The lowest BCUT2D eigenvalue weighted by Crippen LogP contribution is -2.49. The van der Waals surface area contributed by atoms with E-state index in [9.17, 15) is 4.39 Å². The summed E-state index contributed by atoms with van der Waals surface area (Å²) >= 11 is 0. The van der Waals surface area contributed by atoms with Crippen molar-refractivity contribution in [2.75, 3.05) is 50.1 Å². The van der Waals surface area contributed by atoms with E-state index in [1.54, 1.807) is 6.07 Å². The second-order valence-electron chi connectivity index (χ2n) is 9.48. The number of hydrogen-bond donors (Lipinski definition) is 0. The zero-order valence-electron chi connectivity index (χ0n) is 19.5. The van der Waals surface area contributed by atoms with Crippen molar-refractivity contribution in [2.45, 2.75) is 32.4 Å². The molecule has 7 nitrogen and oxygen atoms in total. The first-order chi connectivity index (χ1) is 15.3. The summed E-state index contributed by atoms with van der Waals surface area (Å²) < 4.78 is 16.2. The molecule has 0 spiro atoms. The molecule has 1 aliphatic heterocycles. The Bertz CT molecular complexity index is 1030. The minimum atomic E-state index is -0.240. The number of para-hydroxylation sites is 1. The predicted molar refractivity (Wildman–Crippen MR) is 126 cm³/mol. The number of piperazine rings is 1. The maximum Gasteiger partial charge on any atom is 0.173 e. The van der Waals surface area contributed by atoms with Gasteiger partial charge in [-0.15, -0.1) is 5.10 Å². The van der Waals surface area contributed by atoms with Crippen molar-refractivity contribution in [1.82, 2.24) is 25.1 Å². The number of halogens is 1. The lowest BCUT2D eigenvalue weighted by atomic mass is 10.0. The number of hydrogen-bond acceptors (Lipinski definition) is 6. The first-order valence-electron chi connectivity index (χ1n) is 11.1. The Kier molecular flexibility index (Phi) is 6.15. The molecule has 4 rings (SSSR count). The van der Waals surface area contributed by atoms with Crippen molar-refractivity contribution in [1.29, 1.82) is 0 Å². The summed E-state index contributed by atoms with van der Waals surface area (Å²) in [6.07, 6.45) is 0. The predicted octanol–water partition coefficient (Wildman–Crippen LogP) is 3.54. The van der Waals surface area contributed by atoms with Gasteiger partial charge in [-0.3, -0.25) is 4.90 Å². The third-order valence-corrected chi connectivity index (χ3v) is 5.97. The van der Waals surface area contributed by atoms with Crippen LogP contribution in [0, 0.1) is 5.82 Å². The van der Waals surface area contributed by atoms with Crippen LogP contribution in [0.25, 0.3) is 0 Å². The lowest BCUT2D eigenvalue weighted by Gasteiger charge is -2.40. The molecule has 8 heteroatoms. The average molecular weight is 438 g/mol. The Morgan fingerprint density at radius 1 is 0.938 bits per heavy atom. The molecule has 3 aromatic rings. The van der Waals surface area contributed by atoms with Gasteiger partial charge in [0.05, 0.1) is 17.3 Å². The molecule has 1 fully saturated rings. The van der Waals surface area contributed by atoms with E-state index in [1.165, 1.54) is 6.07 Å². The quantitative estimate of drug-likeness (QED) is 0.609. The van der Waals surface area contributed by atoms with Crippen LogP contribution in [0.4, 0.5) is 15.8 Å². The highest BCUT2D eigenvalue weighted by Gasteiger charge is 2.33. The summed E-state index contributed by atoms with van der Waals surface area (Å²) in [5.41, 5.74) is 2.72. The van der Waals surface area contributed by atoms with Gasteiger partial charge in [0.2, 0.25) is 0 Å².